The van der Waals surface area contributed by atoms with E-state index >= 15 is 0 Å². The molecule has 3 atom stereocenters. The van der Waals surface area contributed by atoms with Gasteiger partial charge in [0.15, 0.2) is 0 Å². The van der Waals surface area contributed by atoms with Gasteiger partial charge in [-0.3, -0.25) is 9.59 Å². The van der Waals surface area contributed by atoms with Gasteiger partial charge in [-0.1, -0.05) is 0 Å². The van der Waals surface area contributed by atoms with Crippen molar-refractivity contribution in [1.82, 2.24) is 4.90 Å². The Hall–Kier alpha value is -1.10. The minimum atomic E-state index is -0.801. The molecule has 1 amide bonds. The molecule has 5 heteroatoms. The van der Waals surface area contributed by atoms with E-state index in [0.29, 0.717) is 19.6 Å². The fourth-order valence-electron chi connectivity index (χ4n) is 2.90. The molecule has 0 radical (unpaired) electrons. The molecule has 0 aliphatic carbocycles. The van der Waals surface area contributed by atoms with Crippen molar-refractivity contribution in [1.29, 1.82) is 0 Å². The Morgan fingerprint density at radius 2 is 2.00 bits per heavy atom. The maximum Gasteiger partial charge on any atom is 0.308 e. The van der Waals surface area contributed by atoms with Gasteiger partial charge in [-0.25, -0.2) is 0 Å². The number of carbonyl (C=O) groups excluding carboxylic acids is 1. The van der Waals surface area contributed by atoms with E-state index in [-0.39, 0.29) is 18.1 Å². The number of likely N-dealkylation sites (tertiary alicyclic amines) is 1. The minimum absolute atomic E-state index is 0.0202. The van der Waals surface area contributed by atoms with E-state index in [9.17, 15) is 9.59 Å². The van der Waals surface area contributed by atoms with Crippen molar-refractivity contribution in [2.45, 2.75) is 51.2 Å². The zero-order chi connectivity index (χ0) is 13.1. The van der Waals surface area contributed by atoms with Gasteiger partial charge in [0.2, 0.25) is 0 Å². The van der Waals surface area contributed by atoms with Gasteiger partial charge in [-0.2, -0.15) is 0 Å². The van der Waals surface area contributed by atoms with Crippen LogP contribution in [-0.4, -0.2) is 47.2 Å². The van der Waals surface area contributed by atoms with Crippen LogP contribution in [0.3, 0.4) is 0 Å². The summed E-state index contributed by atoms with van der Waals surface area (Å²) in [7, 11) is 0. The van der Waals surface area contributed by atoms with Crippen LogP contribution < -0.4 is 0 Å². The normalized spacial score (nSPS) is 33.2. The van der Waals surface area contributed by atoms with Gasteiger partial charge in [0.05, 0.1) is 5.92 Å². The third kappa shape index (κ3) is 2.66. The Kier molecular flexibility index (Phi) is 4.22. The first kappa shape index (κ1) is 13.3. The van der Waals surface area contributed by atoms with Crippen LogP contribution in [0.25, 0.3) is 0 Å². The minimum Gasteiger partial charge on any atom is -0.481 e. The lowest BCUT2D eigenvalue weighted by atomic mass is 9.89. The van der Waals surface area contributed by atoms with E-state index in [1.54, 1.807) is 4.90 Å². The lowest BCUT2D eigenvalue weighted by Gasteiger charge is -2.39. The fourth-order valence-corrected chi connectivity index (χ4v) is 2.90. The summed E-state index contributed by atoms with van der Waals surface area (Å²) in [5, 5.41) is 9.15. The van der Waals surface area contributed by atoms with Gasteiger partial charge in [-0.15, -0.1) is 0 Å². The summed E-state index contributed by atoms with van der Waals surface area (Å²) >= 11 is 0. The van der Waals surface area contributed by atoms with E-state index < -0.39 is 11.9 Å². The second-order valence-electron chi connectivity index (χ2n) is 5.21. The van der Waals surface area contributed by atoms with E-state index in [4.69, 9.17) is 9.84 Å². The number of hydrogen-bond donors (Lipinski definition) is 1. The van der Waals surface area contributed by atoms with Crippen molar-refractivity contribution in [3.05, 3.63) is 0 Å². The molecule has 0 aromatic carbocycles. The van der Waals surface area contributed by atoms with Gasteiger partial charge in [0.25, 0.3) is 5.91 Å². The summed E-state index contributed by atoms with van der Waals surface area (Å²) in [6.45, 7) is 3.13. The second kappa shape index (κ2) is 5.69. The average Bonchev–Trinajstić information content (AvgIpc) is 2.39. The van der Waals surface area contributed by atoms with E-state index in [1.807, 2.05) is 6.92 Å². The van der Waals surface area contributed by atoms with Crippen molar-refractivity contribution in [3.8, 4) is 0 Å². The molecule has 2 saturated heterocycles. The molecule has 2 heterocycles. The van der Waals surface area contributed by atoms with E-state index in [2.05, 4.69) is 0 Å². The molecule has 2 aliphatic heterocycles. The number of ether oxygens (including phenoxy) is 1. The molecular weight excluding hydrogens is 234 g/mol. The van der Waals surface area contributed by atoms with Crippen LogP contribution in [-0.2, 0) is 14.3 Å². The Morgan fingerprint density at radius 3 is 2.61 bits per heavy atom. The summed E-state index contributed by atoms with van der Waals surface area (Å²) in [4.78, 5) is 25.2. The van der Waals surface area contributed by atoms with Crippen LogP contribution in [0.2, 0.25) is 0 Å². The molecule has 0 aromatic heterocycles. The van der Waals surface area contributed by atoms with Crippen LogP contribution >= 0.6 is 0 Å². The summed E-state index contributed by atoms with van der Waals surface area (Å²) < 4.78 is 5.50. The number of nitrogens with zero attached hydrogens (tertiary/aromatic N) is 1. The van der Waals surface area contributed by atoms with Crippen LogP contribution in [0.4, 0.5) is 0 Å². The smallest absolute Gasteiger partial charge is 0.308 e. The largest absolute Gasteiger partial charge is 0.481 e. The fraction of sp³-hybridized carbons (Fsp3) is 0.846. The molecule has 2 rings (SSSR count). The Labute approximate surface area is 107 Å². The highest BCUT2D eigenvalue weighted by molar-refractivity contribution is 5.82. The molecule has 5 nitrogen and oxygen atoms in total. The number of rotatable bonds is 2. The molecule has 0 saturated carbocycles. The van der Waals surface area contributed by atoms with Crippen LogP contribution in [0.15, 0.2) is 0 Å². The van der Waals surface area contributed by atoms with E-state index in [0.717, 1.165) is 25.7 Å². The van der Waals surface area contributed by atoms with Crippen LogP contribution in [0, 0.1) is 5.92 Å². The maximum atomic E-state index is 12.3. The quantitative estimate of drug-likeness (QED) is 0.807. The molecule has 102 valence electrons. The Balaban J connectivity index is 2.02. The van der Waals surface area contributed by atoms with Crippen molar-refractivity contribution >= 4 is 11.9 Å². The number of carboxylic acids is 1. The number of piperidine rings is 1. The summed E-state index contributed by atoms with van der Waals surface area (Å²) in [5.41, 5.74) is 0. The number of hydrogen-bond acceptors (Lipinski definition) is 3. The van der Waals surface area contributed by atoms with Crippen molar-refractivity contribution < 1.29 is 19.4 Å². The molecule has 0 spiro atoms. The first-order valence-corrected chi connectivity index (χ1v) is 6.76. The SMILES string of the molecule is C[C@@H]1[C@H](C(=O)O)CCCN1C(=O)C1CCCCO1. The Bertz CT molecular complexity index is 325. The predicted molar refractivity (Wildman–Crippen MR) is 65.1 cm³/mol. The summed E-state index contributed by atoms with van der Waals surface area (Å²) in [6, 6.07) is -0.228. The zero-order valence-electron chi connectivity index (χ0n) is 10.8. The van der Waals surface area contributed by atoms with E-state index in [1.165, 1.54) is 0 Å². The first-order valence-electron chi connectivity index (χ1n) is 6.76. The van der Waals surface area contributed by atoms with Gasteiger partial charge in [0.1, 0.15) is 6.10 Å². The second-order valence-corrected chi connectivity index (χ2v) is 5.21. The molecule has 2 aliphatic rings. The van der Waals surface area contributed by atoms with Gasteiger partial charge in [0, 0.05) is 19.2 Å². The average molecular weight is 255 g/mol. The molecule has 0 bridgehead atoms. The third-order valence-electron chi connectivity index (χ3n) is 4.04. The maximum absolute atomic E-state index is 12.3. The number of carbonyl (C=O) groups is 2. The monoisotopic (exact) mass is 255 g/mol. The molecule has 1 N–H and O–H groups in total. The molecule has 18 heavy (non-hydrogen) atoms. The summed E-state index contributed by atoms with van der Waals surface area (Å²) in [5.74, 6) is -1.26. The first-order chi connectivity index (χ1) is 8.61. The molecule has 1 unspecified atom stereocenters. The molecule has 2 fully saturated rings. The van der Waals surface area contributed by atoms with Crippen LogP contribution in [0.1, 0.15) is 39.0 Å². The molecular formula is C13H21NO4. The lowest BCUT2D eigenvalue weighted by molar-refractivity contribution is -0.156. The number of carboxylic acid groups (broad SMARTS) is 1. The van der Waals surface area contributed by atoms with Crippen LogP contribution in [0.5, 0.6) is 0 Å². The zero-order valence-corrected chi connectivity index (χ0v) is 10.8. The van der Waals surface area contributed by atoms with Crippen molar-refractivity contribution in [2.75, 3.05) is 13.2 Å². The highest BCUT2D eigenvalue weighted by atomic mass is 16.5. The number of amides is 1. The summed E-state index contributed by atoms with van der Waals surface area (Å²) in [6.07, 6.45) is 3.86. The molecule has 0 aromatic rings. The Morgan fingerprint density at radius 1 is 1.22 bits per heavy atom. The highest BCUT2D eigenvalue weighted by Gasteiger charge is 2.38. The predicted octanol–water partition coefficient (Wildman–Crippen LogP) is 1.27. The van der Waals surface area contributed by atoms with Gasteiger partial charge >= 0.3 is 5.97 Å². The van der Waals surface area contributed by atoms with Gasteiger partial charge in [-0.05, 0) is 39.0 Å². The van der Waals surface area contributed by atoms with Crippen molar-refractivity contribution in [3.63, 3.8) is 0 Å². The van der Waals surface area contributed by atoms with Crippen molar-refractivity contribution in [2.24, 2.45) is 5.92 Å². The highest BCUT2D eigenvalue weighted by Crippen LogP contribution is 2.26. The third-order valence-corrected chi connectivity index (χ3v) is 4.04. The lowest BCUT2D eigenvalue weighted by Crippen LogP contribution is -2.53. The topological polar surface area (TPSA) is 66.8 Å². The number of aliphatic carboxylic acids is 1. The van der Waals surface area contributed by atoms with Gasteiger partial charge < -0.3 is 14.7 Å². The standard InChI is InChI=1S/C13H21NO4/c1-9-10(13(16)17)5-4-7-14(9)12(15)11-6-2-3-8-18-11/h9-11H,2-8H2,1H3,(H,16,17)/t9-,10-,11?/m1/s1.